The highest BCUT2D eigenvalue weighted by atomic mass is 32.2. The molecule has 10 heteroatoms. The van der Waals surface area contributed by atoms with Crippen LogP contribution in [0.25, 0.3) is 0 Å². The van der Waals surface area contributed by atoms with Gasteiger partial charge in [-0.25, -0.2) is 13.4 Å². The van der Waals surface area contributed by atoms with Crippen LogP contribution in [0, 0.1) is 11.8 Å². The van der Waals surface area contributed by atoms with Gasteiger partial charge in [0, 0.05) is 11.9 Å². The minimum Gasteiger partial charge on any atom is -0.468 e. The molecule has 2 N–H and O–H groups in total. The lowest BCUT2D eigenvalue weighted by Crippen LogP contribution is -2.46. The molecule has 3 rings (SSSR count). The maximum atomic E-state index is 12.7. The molecule has 178 valence electrons. The van der Waals surface area contributed by atoms with E-state index in [0.717, 1.165) is 32.1 Å². The van der Waals surface area contributed by atoms with Crippen molar-refractivity contribution in [2.45, 2.75) is 43.0 Å². The van der Waals surface area contributed by atoms with Crippen LogP contribution in [0.1, 0.15) is 32.1 Å². The standard InChI is InChI=1S/C23H29N3O6S/c1-31-22(27)20(23(28)32-2)21(16-8-4-3-5-9-16)25-17-11-13-18(14-12-17)33(29,30)26-19-10-6-7-15-24-19/h6-7,10-16,20-21,25H,3-5,8-9H2,1-2H3,(H,24,26). The van der Waals surface area contributed by atoms with Crippen LogP contribution in [0.5, 0.6) is 0 Å². The normalized spacial score (nSPS) is 15.5. The summed E-state index contributed by atoms with van der Waals surface area (Å²) in [5, 5.41) is 3.28. The second-order valence-electron chi connectivity index (χ2n) is 7.94. The number of nitrogens with one attached hydrogen (secondary N) is 2. The van der Waals surface area contributed by atoms with E-state index in [9.17, 15) is 18.0 Å². The first-order valence-corrected chi connectivity index (χ1v) is 12.3. The van der Waals surface area contributed by atoms with Gasteiger partial charge in [0.15, 0.2) is 5.92 Å². The average Bonchev–Trinajstić information content (AvgIpc) is 2.84. The van der Waals surface area contributed by atoms with Crippen LogP contribution < -0.4 is 10.0 Å². The lowest BCUT2D eigenvalue weighted by atomic mass is 9.78. The fourth-order valence-electron chi connectivity index (χ4n) is 4.15. The van der Waals surface area contributed by atoms with Crippen molar-refractivity contribution >= 4 is 33.5 Å². The smallest absolute Gasteiger partial charge is 0.322 e. The van der Waals surface area contributed by atoms with Crippen molar-refractivity contribution in [1.82, 2.24) is 4.98 Å². The van der Waals surface area contributed by atoms with Crippen molar-refractivity contribution in [3.8, 4) is 0 Å². The Kier molecular flexibility index (Phi) is 8.26. The van der Waals surface area contributed by atoms with Gasteiger partial charge in [0.25, 0.3) is 10.0 Å². The fourth-order valence-corrected chi connectivity index (χ4v) is 5.16. The highest BCUT2D eigenvalue weighted by Gasteiger charge is 2.41. The highest BCUT2D eigenvalue weighted by Crippen LogP contribution is 2.33. The predicted octanol–water partition coefficient (Wildman–Crippen LogP) is 3.21. The Morgan fingerprint density at radius 1 is 0.970 bits per heavy atom. The van der Waals surface area contributed by atoms with Crippen LogP contribution in [-0.2, 0) is 29.1 Å². The Labute approximate surface area is 193 Å². The van der Waals surface area contributed by atoms with E-state index in [-0.39, 0.29) is 16.6 Å². The molecule has 0 amide bonds. The van der Waals surface area contributed by atoms with Crippen molar-refractivity contribution in [2.24, 2.45) is 11.8 Å². The molecule has 1 heterocycles. The molecule has 9 nitrogen and oxygen atoms in total. The fraction of sp³-hybridized carbons (Fsp3) is 0.435. The number of rotatable bonds is 9. The molecule has 1 aromatic carbocycles. The average molecular weight is 476 g/mol. The summed E-state index contributed by atoms with van der Waals surface area (Å²) in [6.45, 7) is 0. The molecule has 0 saturated heterocycles. The third-order valence-electron chi connectivity index (χ3n) is 5.83. The van der Waals surface area contributed by atoms with Crippen molar-refractivity contribution in [3.05, 3.63) is 48.7 Å². The SMILES string of the molecule is COC(=O)C(C(=O)OC)C(Nc1ccc(S(=O)(=O)Nc2ccccn2)cc1)C1CCCCC1. The van der Waals surface area contributed by atoms with Crippen LogP contribution >= 0.6 is 0 Å². The van der Waals surface area contributed by atoms with Gasteiger partial charge in [-0.15, -0.1) is 0 Å². The number of sulfonamides is 1. The van der Waals surface area contributed by atoms with E-state index in [1.54, 1.807) is 30.3 Å². The van der Waals surface area contributed by atoms with E-state index in [4.69, 9.17) is 9.47 Å². The second-order valence-corrected chi connectivity index (χ2v) is 9.62. The molecule has 0 radical (unpaired) electrons. The highest BCUT2D eigenvalue weighted by molar-refractivity contribution is 7.92. The zero-order chi connectivity index (χ0) is 23.8. The van der Waals surface area contributed by atoms with E-state index in [2.05, 4.69) is 15.0 Å². The van der Waals surface area contributed by atoms with Crippen molar-refractivity contribution < 1.29 is 27.5 Å². The van der Waals surface area contributed by atoms with Gasteiger partial charge in [-0.1, -0.05) is 25.3 Å². The van der Waals surface area contributed by atoms with Gasteiger partial charge < -0.3 is 14.8 Å². The number of anilines is 2. The first kappa shape index (κ1) is 24.5. The van der Waals surface area contributed by atoms with Crippen LogP contribution in [0.15, 0.2) is 53.6 Å². The number of nitrogens with zero attached hydrogens (tertiary/aromatic N) is 1. The van der Waals surface area contributed by atoms with Gasteiger partial charge in [-0.2, -0.15) is 0 Å². The summed E-state index contributed by atoms with van der Waals surface area (Å²) >= 11 is 0. The lowest BCUT2D eigenvalue weighted by Gasteiger charge is -2.34. The van der Waals surface area contributed by atoms with Crippen LogP contribution in [0.4, 0.5) is 11.5 Å². The summed E-state index contributed by atoms with van der Waals surface area (Å²) in [7, 11) is -1.34. The minimum atomic E-state index is -3.82. The van der Waals surface area contributed by atoms with E-state index < -0.39 is 33.9 Å². The molecule has 1 aliphatic rings. The molecule has 1 fully saturated rings. The molecule has 33 heavy (non-hydrogen) atoms. The summed E-state index contributed by atoms with van der Waals surface area (Å²) in [6, 6.07) is 10.5. The van der Waals surface area contributed by atoms with Crippen LogP contribution in [-0.4, -0.2) is 45.6 Å². The summed E-state index contributed by atoms with van der Waals surface area (Å²) in [5.74, 6) is -2.17. The van der Waals surface area contributed by atoms with Crippen LogP contribution in [0.2, 0.25) is 0 Å². The summed E-state index contributed by atoms with van der Waals surface area (Å²) < 4.78 is 37.5. The number of methoxy groups -OCH3 is 2. The number of carbonyl (C=O) groups is 2. The molecule has 2 aromatic rings. The van der Waals surface area contributed by atoms with Crippen LogP contribution in [0.3, 0.4) is 0 Å². The topological polar surface area (TPSA) is 124 Å². The quantitative estimate of drug-likeness (QED) is 0.419. The minimum absolute atomic E-state index is 0.0606. The van der Waals surface area contributed by atoms with Crippen molar-refractivity contribution in [3.63, 3.8) is 0 Å². The van der Waals surface area contributed by atoms with Gasteiger partial charge >= 0.3 is 11.9 Å². The maximum absolute atomic E-state index is 12.7. The first-order valence-electron chi connectivity index (χ1n) is 10.8. The largest absolute Gasteiger partial charge is 0.468 e. The Morgan fingerprint density at radius 2 is 1.61 bits per heavy atom. The van der Waals surface area contributed by atoms with Gasteiger partial charge in [0.1, 0.15) is 5.82 Å². The zero-order valence-corrected chi connectivity index (χ0v) is 19.5. The van der Waals surface area contributed by atoms with E-state index in [1.807, 2.05) is 0 Å². The number of esters is 2. The lowest BCUT2D eigenvalue weighted by molar-refractivity contribution is -0.160. The molecule has 0 aliphatic heterocycles. The monoisotopic (exact) mass is 475 g/mol. The summed E-state index contributed by atoms with van der Waals surface area (Å²) in [6.07, 6.45) is 6.35. The van der Waals surface area contributed by atoms with Gasteiger partial charge in [-0.05, 0) is 55.2 Å². The number of pyridine rings is 1. The Bertz CT molecular complexity index is 1020. The van der Waals surface area contributed by atoms with Gasteiger partial charge in [0.2, 0.25) is 0 Å². The molecule has 1 aliphatic carbocycles. The van der Waals surface area contributed by atoms with E-state index in [0.29, 0.717) is 5.69 Å². The van der Waals surface area contributed by atoms with Crippen molar-refractivity contribution in [1.29, 1.82) is 0 Å². The number of carbonyl (C=O) groups excluding carboxylic acids is 2. The summed E-state index contributed by atoms with van der Waals surface area (Å²) in [4.78, 5) is 29.0. The molecular weight excluding hydrogens is 446 g/mol. The van der Waals surface area contributed by atoms with Crippen molar-refractivity contribution in [2.75, 3.05) is 24.3 Å². The maximum Gasteiger partial charge on any atom is 0.322 e. The van der Waals surface area contributed by atoms with Gasteiger partial charge in [-0.3, -0.25) is 14.3 Å². The Hall–Kier alpha value is -3.14. The van der Waals surface area contributed by atoms with Gasteiger partial charge in [0.05, 0.1) is 25.2 Å². The Morgan fingerprint density at radius 3 is 2.15 bits per heavy atom. The zero-order valence-electron chi connectivity index (χ0n) is 18.7. The van der Waals surface area contributed by atoms with E-state index >= 15 is 0 Å². The molecule has 0 bridgehead atoms. The number of hydrogen-bond acceptors (Lipinski definition) is 8. The van der Waals surface area contributed by atoms with E-state index in [1.165, 1.54) is 32.5 Å². The number of aromatic nitrogens is 1. The molecule has 1 atom stereocenters. The first-order chi connectivity index (χ1) is 15.9. The third-order valence-corrected chi connectivity index (χ3v) is 7.20. The molecule has 1 aromatic heterocycles. The second kappa shape index (κ2) is 11.1. The molecule has 0 spiro atoms. The molecule has 1 saturated carbocycles. The predicted molar refractivity (Wildman–Crippen MR) is 123 cm³/mol. The summed E-state index contributed by atoms with van der Waals surface area (Å²) in [5.41, 5.74) is 0.583. The third kappa shape index (κ3) is 6.22. The molecule has 1 unspecified atom stereocenters. The number of hydrogen-bond donors (Lipinski definition) is 2. The number of ether oxygens (including phenoxy) is 2. The molecular formula is C23H29N3O6S. The number of benzene rings is 1. The Balaban J connectivity index is 1.83.